The molecular weight excluding hydrogens is 423 g/mol. The normalized spacial score (nSPS) is 16.9. The summed E-state index contributed by atoms with van der Waals surface area (Å²) in [5.41, 5.74) is 0.457. The molecule has 1 aromatic carbocycles. The second-order valence-corrected chi connectivity index (χ2v) is 7.88. The Morgan fingerprint density at radius 2 is 2.04 bits per heavy atom. The van der Waals surface area contributed by atoms with E-state index in [4.69, 9.17) is 27.7 Å². The van der Waals surface area contributed by atoms with Crippen LogP contribution < -0.4 is 4.90 Å². The van der Waals surface area contributed by atoms with Crippen molar-refractivity contribution in [3.8, 4) is 0 Å². The third kappa shape index (κ3) is 3.01. The lowest BCUT2D eigenvalue weighted by Crippen LogP contribution is -2.31. The maximum Gasteiger partial charge on any atom is 0.295 e. The molecule has 0 saturated carbocycles. The zero-order valence-electron chi connectivity index (χ0n) is 14.3. The summed E-state index contributed by atoms with van der Waals surface area (Å²) < 4.78 is 5.08. The van der Waals surface area contributed by atoms with Gasteiger partial charge in [0, 0.05) is 6.07 Å². The molecule has 1 aliphatic heterocycles. The van der Waals surface area contributed by atoms with E-state index in [2.05, 4.69) is 5.16 Å². The first-order chi connectivity index (χ1) is 13.4. The van der Waals surface area contributed by atoms with Crippen LogP contribution in [-0.4, -0.2) is 22.0 Å². The number of rotatable bonds is 4. The summed E-state index contributed by atoms with van der Waals surface area (Å²) in [6.07, 6.45) is 0. The fraction of sp³-hybridized carbons (Fsp3) is 0.105. The molecule has 6 nitrogen and oxygen atoms in total. The van der Waals surface area contributed by atoms with Crippen LogP contribution in [0, 0.1) is 6.92 Å². The van der Waals surface area contributed by atoms with Crippen molar-refractivity contribution >= 4 is 52.0 Å². The van der Waals surface area contributed by atoms with Crippen molar-refractivity contribution in [2.45, 2.75) is 13.0 Å². The Balaban J connectivity index is 1.90. The standard InChI is InChI=1S/C19H12Cl2N2O4S/c1-9-7-14(22-27-9)23-16(10-4-5-11(20)12(21)8-10)15(18(25)19(23)26)17(24)13-3-2-6-28-13/h2-8,16,25H,1H3/t16-/m0/s1. The van der Waals surface area contributed by atoms with E-state index < -0.39 is 23.5 Å². The molecule has 1 N–H and O–H groups in total. The number of benzene rings is 1. The Labute approximate surface area is 173 Å². The minimum Gasteiger partial charge on any atom is -0.503 e. The minimum atomic E-state index is -0.929. The van der Waals surface area contributed by atoms with Gasteiger partial charge < -0.3 is 9.63 Å². The van der Waals surface area contributed by atoms with E-state index in [9.17, 15) is 14.7 Å². The minimum absolute atomic E-state index is 0.0495. The third-order valence-electron chi connectivity index (χ3n) is 4.32. The number of aromatic nitrogens is 1. The zero-order valence-corrected chi connectivity index (χ0v) is 16.7. The summed E-state index contributed by atoms with van der Waals surface area (Å²) in [5.74, 6) is -1.16. The lowest BCUT2D eigenvalue weighted by Gasteiger charge is -2.24. The van der Waals surface area contributed by atoms with E-state index in [1.54, 1.807) is 48.7 Å². The number of hydrogen-bond donors (Lipinski definition) is 1. The summed E-state index contributed by atoms with van der Waals surface area (Å²) >= 11 is 13.4. The van der Waals surface area contributed by atoms with E-state index in [-0.39, 0.29) is 16.4 Å². The first-order valence-corrected chi connectivity index (χ1v) is 9.75. The Morgan fingerprint density at radius 3 is 2.64 bits per heavy atom. The van der Waals surface area contributed by atoms with Crippen molar-refractivity contribution < 1.29 is 19.2 Å². The molecule has 142 valence electrons. The molecule has 1 atom stereocenters. The van der Waals surface area contributed by atoms with Gasteiger partial charge in [-0.1, -0.05) is 40.5 Å². The molecule has 28 heavy (non-hydrogen) atoms. The molecule has 0 unspecified atom stereocenters. The fourth-order valence-corrected chi connectivity index (χ4v) is 4.06. The Bertz CT molecular complexity index is 1120. The van der Waals surface area contributed by atoms with Crippen molar-refractivity contribution in [1.29, 1.82) is 0 Å². The lowest BCUT2D eigenvalue weighted by atomic mass is 9.95. The number of halogens is 2. The monoisotopic (exact) mass is 434 g/mol. The highest BCUT2D eigenvalue weighted by molar-refractivity contribution is 7.12. The highest BCUT2D eigenvalue weighted by Gasteiger charge is 2.46. The summed E-state index contributed by atoms with van der Waals surface area (Å²) in [4.78, 5) is 27.6. The van der Waals surface area contributed by atoms with Gasteiger partial charge in [0.1, 0.15) is 5.76 Å². The highest BCUT2D eigenvalue weighted by atomic mass is 35.5. The lowest BCUT2D eigenvalue weighted by molar-refractivity contribution is -0.117. The molecule has 0 aliphatic carbocycles. The van der Waals surface area contributed by atoms with Crippen LogP contribution in [0.25, 0.3) is 0 Å². The largest absolute Gasteiger partial charge is 0.503 e. The summed E-state index contributed by atoms with van der Waals surface area (Å²) in [7, 11) is 0. The van der Waals surface area contributed by atoms with Gasteiger partial charge in [-0.05, 0) is 36.1 Å². The second kappa shape index (κ2) is 7.09. The molecule has 0 bridgehead atoms. The first-order valence-electron chi connectivity index (χ1n) is 8.11. The van der Waals surface area contributed by atoms with E-state index in [0.717, 1.165) is 0 Å². The number of thiophene rings is 1. The number of aliphatic hydroxyl groups is 1. The number of nitrogens with zero attached hydrogens (tertiary/aromatic N) is 2. The Kier molecular flexibility index (Phi) is 4.74. The van der Waals surface area contributed by atoms with Gasteiger partial charge in [-0.25, -0.2) is 0 Å². The number of aryl methyl sites for hydroxylation is 1. The first kappa shape index (κ1) is 18.7. The van der Waals surface area contributed by atoms with Crippen molar-refractivity contribution in [2.75, 3.05) is 4.90 Å². The third-order valence-corrected chi connectivity index (χ3v) is 5.93. The maximum absolute atomic E-state index is 13.1. The summed E-state index contributed by atoms with van der Waals surface area (Å²) in [6, 6.07) is 8.74. The van der Waals surface area contributed by atoms with E-state index >= 15 is 0 Å². The van der Waals surface area contributed by atoms with Gasteiger partial charge in [0.05, 0.1) is 26.5 Å². The van der Waals surface area contributed by atoms with E-state index in [1.807, 2.05) is 0 Å². The Hall–Kier alpha value is -2.61. The quantitative estimate of drug-likeness (QED) is 0.575. The van der Waals surface area contributed by atoms with Gasteiger partial charge in [0.2, 0.25) is 5.78 Å². The van der Waals surface area contributed by atoms with Crippen LogP contribution in [0.4, 0.5) is 5.82 Å². The fourth-order valence-electron chi connectivity index (χ4n) is 3.08. The molecule has 1 amide bonds. The maximum atomic E-state index is 13.1. The molecule has 3 heterocycles. The zero-order chi connectivity index (χ0) is 20.0. The smallest absolute Gasteiger partial charge is 0.295 e. The molecule has 0 saturated heterocycles. The van der Waals surface area contributed by atoms with Gasteiger partial charge >= 0.3 is 0 Å². The number of hydrogen-bond acceptors (Lipinski definition) is 6. The molecule has 9 heteroatoms. The summed E-state index contributed by atoms with van der Waals surface area (Å²) in [6.45, 7) is 1.68. The Morgan fingerprint density at radius 1 is 1.25 bits per heavy atom. The van der Waals surface area contributed by atoms with Crippen LogP contribution in [0.15, 0.2) is 57.6 Å². The number of amides is 1. The topological polar surface area (TPSA) is 83.6 Å². The molecule has 0 radical (unpaired) electrons. The van der Waals surface area contributed by atoms with E-state index in [0.29, 0.717) is 21.2 Å². The van der Waals surface area contributed by atoms with Crippen molar-refractivity contribution in [1.82, 2.24) is 5.16 Å². The number of aliphatic hydroxyl groups excluding tert-OH is 1. The van der Waals surface area contributed by atoms with Crippen molar-refractivity contribution in [3.63, 3.8) is 0 Å². The summed E-state index contributed by atoms with van der Waals surface area (Å²) in [5, 5.41) is 16.8. The second-order valence-electron chi connectivity index (χ2n) is 6.12. The molecule has 0 fully saturated rings. The van der Waals surface area contributed by atoms with Crippen LogP contribution in [0.3, 0.4) is 0 Å². The molecular formula is C19H12Cl2N2O4S. The molecule has 4 rings (SSSR count). The number of Topliss-reactive ketones (excluding diaryl/α,β-unsaturated/α-hetero) is 1. The van der Waals surface area contributed by atoms with Crippen LogP contribution in [0.2, 0.25) is 10.0 Å². The average Bonchev–Trinajstić information content (AvgIpc) is 3.39. The van der Waals surface area contributed by atoms with Crippen LogP contribution in [0.1, 0.15) is 27.0 Å². The van der Waals surface area contributed by atoms with E-state index in [1.165, 1.54) is 16.2 Å². The van der Waals surface area contributed by atoms with Gasteiger partial charge in [-0.15, -0.1) is 11.3 Å². The van der Waals surface area contributed by atoms with Crippen LogP contribution >= 0.6 is 34.5 Å². The average molecular weight is 435 g/mol. The number of carbonyl (C=O) groups is 2. The molecule has 1 aliphatic rings. The van der Waals surface area contributed by atoms with Gasteiger partial charge in [-0.3, -0.25) is 14.5 Å². The predicted octanol–water partition coefficient (Wildman–Crippen LogP) is 5.13. The molecule has 3 aromatic rings. The number of anilines is 1. The molecule has 0 spiro atoms. The van der Waals surface area contributed by atoms with Gasteiger partial charge in [0.15, 0.2) is 11.6 Å². The van der Waals surface area contributed by atoms with Gasteiger partial charge in [-0.2, -0.15) is 0 Å². The van der Waals surface area contributed by atoms with Crippen LogP contribution in [-0.2, 0) is 4.79 Å². The number of carbonyl (C=O) groups excluding carboxylic acids is 2. The highest BCUT2D eigenvalue weighted by Crippen LogP contribution is 2.43. The number of ketones is 1. The van der Waals surface area contributed by atoms with Crippen LogP contribution in [0.5, 0.6) is 0 Å². The van der Waals surface area contributed by atoms with Crippen molar-refractivity contribution in [3.05, 3.63) is 79.4 Å². The van der Waals surface area contributed by atoms with Gasteiger partial charge in [0.25, 0.3) is 5.91 Å². The molecule has 2 aromatic heterocycles. The predicted molar refractivity (Wildman–Crippen MR) is 106 cm³/mol. The SMILES string of the molecule is Cc1cc(N2C(=O)C(O)=C(C(=O)c3cccs3)[C@@H]2c2ccc(Cl)c(Cl)c2)no1. The van der Waals surface area contributed by atoms with Crippen molar-refractivity contribution in [2.24, 2.45) is 0 Å².